The smallest absolute Gasteiger partial charge is 0.141 e. The largest absolute Gasteiger partial charge is 0.508 e. The van der Waals surface area contributed by atoms with Crippen LogP contribution in [-0.4, -0.2) is 5.11 Å². The zero-order valence-corrected chi connectivity index (χ0v) is 10.4. The summed E-state index contributed by atoms with van der Waals surface area (Å²) in [5, 5.41) is 9.31. The van der Waals surface area contributed by atoms with Crippen molar-refractivity contribution in [2.45, 2.75) is 6.92 Å². The Morgan fingerprint density at radius 2 is 1.94 bits per heavy atom. The number of ether oxygens (including phenoxy) is 1. The SMILES string of the molecule is Cc1ccc(Oc2cccc(O)c2)c(Br)c1. The summed E-state index contributed by atoms with van der Waals surface area (Å²) >= 11 is 3.44. The van der Waals surface area contributed by atoms with Crippen LogP contribution in [0.25, 0.3) is 0 Å². The van der Waals surface area contributed by atoms with Crippen LogP contribution < -0.4 is 4.74 Å². The van der Waals surface area contributed by atoms with E-state index in [2.05, 4.69) is 15.9 Å². The molecule has 1 N–H and O–H groups in total. The number of hydrogen-bond donors (Lipinski definition) is 1. The molecule has 0 aliphatic rings. The van der Waals surface area contributed by atoms with E-state index in [1.807, 2.05) is 25.1 Å². The van der Waals surface area contributed by atoms with Gasteiger partial charge in [0.15, 0.2) is 0 Å². The number of halogens is 1. The van der Waals surface area contributed by atoms with Crippen molar-refractivity contribution in [3.8, 4) is 17.2 Å². The van der Waals surface area contributed by atoms with E-state index >= 15 is 0 Å². The van der Waals surface area contributed by atoms with Gasteiger partial charge < -0.3 is 9.84 Å². The van der Waals surface area contributed by atoms with E-state index in [-0.39, 0.29) is 5.75 Å². The Labute approximate surface area is 103 Å². The minimum absolute atomic E-state index is 0.195. The number of phenols is 1. The lowest BCUT2D eigenvalue weighted by Gasteiger charge is -2.08. The van der Waals surface area contributed by atoms with Crippen LogP contribution in [0.15, 0.2) is 46.9 Å². The van der Waals surface area contributed by atoms with Gasteiger partial charge in [0.1, 0.15) is 17.2 Å². The Kier molecular flexibility index (Phi) is 3.15. The number of aryl methyl sites for hydroxylation is 1. The number of aromatic hydroxyl groups is 1. The fourth-order valence-corrected chi connectivity index (χ4v) is 1.94. The first-order chi connectivity index (χ1) is 7.65. The van der Waals surface area contributed by atoms with Crippen molar-refractivity contribution in [3.63, 3.8) is 0 Å². The molecule has 0 aromatic heterocycles. The van der Waals surface area contributed by atoms with E-state index in [1.165, 1.54) is 0 Å². The molecule has 16 heavy (non-hydrogen) atoms. The van der Waals surface area contributed by atoms with Gasteiger partial charge >= 0.3 is 0 Å². The Hall–Kier alpha value is -1.48. The van der Waals surface area contributed by atoms with Crippen molar-refractivity contribution in [2.24, 2.45) is 0 Å². The second kappa shape index (κ2) is 4.58. The van der Waals surface area contributed by atoms with Crippen LogP contribution in [0.4, 0.5) is 0 Å². The molecule has 0 bridgehead atoms. The third kappa shape index (κ3) is 2.55. The van der Waals surface area contributed by atoms with E-state index in [9.17, 15) is 5.11 Å². The van der Waals surface area contributed by atoms with E-state index < -0.39 is 0 Å². The number of phenolic OH excluding ortho intramolecular Hbond substituents is 1. The van der Waals surface area contributed by atoms with Crippen LogP contribution >= 0.6 is 15.9 Å². The highest BCUT2D eigenvalue weighted by molar-refractivity contribution is 9.10. The minimum Gasteiger partial charge on any atom is -0.508 e. The molecule has 0 fully saturated rings. The normalized spacial score (nSPS) is 10.1. The van der Waals surface area contributed by atoms with E-state index in [0.29, 0.717) is 5.75 Å². The summed E-state index contributed by atoms with van der Waals surface area (Å²) in [5.41, 5.74) is 1.16. The first-order valence-electron chi connectivity index (χ1n) is 4.88. The van der Waals surface area contributed by atoms with Crippen LogP contribution in [0.1, 0.15) is 5.56 Å². The summed E-state index contributed by atoms with van der Waals surface area (Å²) in [4.78, 5) is 0. The molecule has 0 heterocycles. The van der Waals surface area contributed by atoms with Crippen molar-refractivity contribution in [2.75, 3.05) is 0 Å². The second-order valence-corrected chi connectivity index (χ2v) is 4.39. The Balaban J connectivity index is 2.27. The molecule has 0 aliphatic carbocycles. The first kappa shape index (κ1) is 11.0. The predicted octanol–water partition coefficient (Wildman–Crippen LogP) is 4.26. The average Bonchev–Trinajstić information content (AvgIpc) is 2.22. The molecule has 0 atom stereocenters. The molecule has 0 radical (unpaired) electrons. The molecule has 0 aliphatic heterocycles. The second-order valence-electron chi connectivity index (χ2n) is 3.53. The molecular weight excluding hydrogens is 268 g/mol. The van der Waals surface area contributed by atoms with E-state index in [1.54, 1.807) is 24.3 Å². The monoisotopic (exact) mass is 278 g/mol. The molecule has 0 unspecified atom stereocenters. The lowest BCUT2D eigenvalue weighted by atomic mass is 10.2. The molecule has 2 rings (SSSR count). The lowest BCUT2D eigenvalue weighted by molar-refractivity contribution is 0.454. The maximum atomic E-state index is 9.31. The summed E-state index contributed by atoms with van der Waals surface area (Å²) < 4.78 is 6.54. The predicted molar refractivity (Wildman–Crippen MR) is 67.1 cm³/mol. The van der Waals surface area contributed by atoms with Crippen LogP contribution in [0.3, 0.4) is 0 Å². The quantitative estimate of drug-likeness (QED) is 0.890. The molecule has 82 valence electrons. The molecule has 3 heteroatoms. The maximum absolute atomic E-state index is 9.31. The van der Waals surface area contributed by atoms with Gasteiger partial charge in [-0.05, 0) is 52.7 Å². The summed E-state index contributed by atoms with van der Waals surface area (Å²) in [6.45, 7) is 2.02. The van der Waals surface area contributed by atoms with Gasteiger partial charge in [-0.2, -0.15) is 0 Å². The highest BCUT2D eigenvalue weighted by atomic mass is 79.9. The van der Waals surface area contributed by atoms with Gasteiger partial charge in [0.25, 0.3) is 0 Å². The van der Waals surface area contributed by atoms with Gasteiger partial charge in [0.05, 0.1) is 4.47 Å². The van der Waals surface area contributed by atoms with Crippen LogP contribution in [0.5, 0.6) is 17.2 Å². The zero-order chi connectivity index (χ0) is 11.5. The third-order valence-corrected chi connectivity index (χ3v) is 2.75. The third-order valence-electron chi connectivity index (χ3n) is 2.13. The van der Waals surface area contributed by atoms with E-state index in [0.717, 1.165) is 15.8 Å². The fourth-order valence-electron chi connectivity index (χ4n) is 1.36. The standard InChI is InChI=1S/C13H11BrO2/c1-9-5-6-13(12(14)7-9)16-11-4-2-3-10(15)8-11/h2-8,15H,1H3. The van der Waals surface area contributed by atoms with Crippen LogP contribution in [-0.2, 0) is 0 Å². The average molecular weight is 279 g/mol. The molecule has 2 aromatic carbocycles. The molecule has 2 aromatic rings. The van der Waals surface area contributed by atoms with Gasteiger partial charge in [-0.3, -0.25) is 0 Å². The number of benzene rings is 2. The molecule has 0 saturated heterocycles. The van der Waals surface area contributed by atoms with Gasteiger partial charge in [-0.15, -0.1) is 0 Å². The Bertz CT molecular complexity index is 509. The topological polar surface area (TPSA) is 29.5 Å². The van der Waals surface area contributed by atoms with Gasteiger partial charge in [0.2, 0.25) is 0 Å². The van der Waals surface area contributed by atoms with Crippen molar-refractivity contribution >= 4 is 15.9 Å². The van der Waals surface area contributed by atoms with Crippen molar-refractivity contribution in [1.29, 1.82) is 0 Å². The van der Waals surface area contributed by atoms with Crippen molar-refractivity contribution in [3.05, 3.63) is 52.5 Å². The maximum Gasteiger partial charge on any atom is 0.141 e. The minimum atomic E-state index is 0.195. The highest BCUT2D eigenvalue weighted by Crippen LogP contribution is 2.31. The summed E-state index contributed by atoms with van der Waals surface area (Å²) in [7, 11) is 0. The summed E-state index contributed by atoms with van der Waals surface area (Å²) in [6.07, 6.45) is 0. The molecule has 2 nitrogen and oxygen atoms in total. The van der Waals surface area contributed by atoms with Gasteiger partial charge in [0, 0.05) is 6.07 Å². The first-order valence-corrected chi connectivity index (χ1v) is 5.67. The van der Waals surface area contributed by atoms with Crippen molar-refractivity contribution < 1.29 is 9.84 Å². The van der Waals surface area contributed by atoms with E-state index in [4.69, 9.17) is 4.74 Å². The fraction of sp³-hybridized carbons (Fsp3) is 0.0769. The zero-order valence-electron chi connectivity index (χ0n) is 8.77. The van der Waals surface area contributed by atoms with Crippen molar-refractivity contribution in [1.82, 2.24) is 0 Å². The highest BCUT2D eigenvalue weighted by Gasteiger charge is 2.03. The summed E-state index contributed by atoms with van der Waals surface area (Å²) in [5.74, 6) is 1.54. The number of hydrogen-bond acceptors (Lipinski definition) is 2. The van der Waals surface area contributed by atoms with Crippen LogP contribution in [0.2, 0.25) is 0 Å². The lowest BCUT2D eigenvalue weighted by Crippen LogP contribution is -1.85. The Morgan fingerprint density at radius 3 is 2.62 bits per heavy atom. The van der Waals surface area contributed by atoms with Crippen LogP contribution in [0, 0.1) is 6.92 Å². The Morgan fingerprint density at radius 1 is 1.12 bits per heavy atom. The summed E-state index contributed by atoms with van der Waals surface area (Å²) in [6, 6.07) is 12.6. The number of rotatable bonds is 2. The molecular formula is C13H11BrO2. The molecule has 0 saturated carbocycles. The van der Waals surface area contributed by atoms with Gasteiger partial charge in [-0.25, -0.2) is 0 Å². The molecule has 0 amide bonds. The van der Waals surface area contributed by atoms with Gasteiger partial charge in [-0.1, -0.05) is 12.1 Å². The molecule has 0 spiro atoms.